The van der Waals surface area contributed by atoms with Gasteiger partial charge in [0.15, 0.2) is 5.13 Å². The lowest BCUT2D eigenvalue weighted by molar-refractivity contribution is -0.119. The molecule has 34 heavy (non-hydrogen) atoms. The van der Waals surface area contributed by atoms with Gasteiger partial charge < -0.3 is 4.90 Å². The number of rotatable bonds is 9. The Kier molecular flexibility index (Phi) is 7.76. The highest BCUT2D eigenvalue weighted by Gasteiger charge is 2.30. The third kappa shape index (κ3) is 5.21. The van der Waals surface area contributed by atoms with Crippen molar-refractivity contribution in [2.75, 3.05) is 31.1 Å². The first-order chi connectivity index (χ1) is 16.5. The zero-order chi connectivity index (χ0) is 24.1. The molecule has 0 saturated carbocycles. The molecule has 4 aromatic rings. The fourth-order valence-electron chi connectivity index (χ4n) is 4.48. The van der Waals surface area contributed by atoms with Gasteiger partial charge in [-0.2, -0.15) is 0 Å². The topological polar surface area (TPSA) is 36.4 Å². The minimum atomic E-state index is -0.381. The van der Waals surface area contributed by atoms with Gasteiger partial charge in [-0.3, -0.25) is 9.69 Å². The number of anilines is 1. The summed E-state index contributed by atoms with van der Waals surface area (Å²) in [6, 6.07) is 24.5. The van der Waals surface area contributed by atoms with Crippen molar-refractivity contribution in [1.29, 1.82) is 0 Å². The van der Waals surface area contributed by atoms with Crippen LogP contribution in [0.4, 0.5) is 5.13 Å². The quantitative estimate of drug-likeness (QED) is 0.283. The van der Waals surface area contributed by atoms with Gasteiger partial charge in [0.25, 0.3) is 0 Å². The molecule has 0 saturated heterocycles. The van der Waals surface area contributed by atoms with Crippen molar-refractivity contribution in [3.05, 3.63) is 95.1 Å². The van der Waals surface area contributed by atoms with Gasteiger partial charge in [0.2, 0.25) is 5.91 Å². The average molecular weight is 472 g/mol. The third-order valence-corrected chi connectivity index (χ3v) is 7.39. The van der Waals surface area contributed by atoms with Gasteiger partial charge in [-0.15, -0.1) is 0 Å². The number of nitrogens with zero attached hydrogens (tertiary/aromatic N) is 3. The maximum atomic E-state index is 14.3. The zero-order valence-corrected chi connectivity index (χ0v) is 21.3. The Labute approximate surface area is 206 Å². The largest absolute Gasteiger partial charge is 0.302 e. The van der Waals surface area contributed by atoms with Crippen molar-refractivity contribution in [3.8, 4) is 0 Å². The Morgan fingerprint density at radius 3 is 2.03 bits per heavy atom. The van der Waals surface area contributed by atoms with Crippen molar-refractivity contribution in [2.24, 2.45) is 0 Å². The normalized spacial score (nSPS) is 11.5. The van der Waals surface area contributed by atoms with Crippen LogP contribution in [0.2, 0.25) is 0 Å². The molecule has 0 atom stereocenters. The molecule has 0 unspecified atom stereocenters. The van der Waals surface area contributed by atoms with E-state index in [1.165, 1.54) is 5.56 Å². The maximum Gasteiger partial charge on any atom is 0.240 e. The number of hydrogen-bond donors (Lipinski definition) is 0. The molecule has 4 nitrogen and oxygen atoms in total. The van der Waals surface area contributed by atoms with Crippen LogP contribution in [-0.4, -0.2) is 42.0 Å². The summed E-state index contributed by atoms with van der Waals surface area (Å²) >= 11 is 1.61. The summed E-state index contributed by atoms with van der Waals surface area (Å²) < 4.78 is 1.13. The first-order valence-electron chi connectivity index (χ1n) is 12.0. The van der Waals surface area contributed by atoms with Crippen LogP contribution in [-0.2, 0) is 4.79 Å². The van der Waals surface area contributed by atoms with Crippen LogP contribution in [0, 0.1) is 13.8 Å². The molecule has 0 fully saturated rings. The van der Waals surface area contributed by atoms with Crippen LogP contribution in [0.15, 0.2) is 72.8 Å². The summed E-state index contributed by atoms with van der Waals surface area (Å²) in [4.78, 5) is 23.6. The summed E-state index contributed by atoms with van der Waals surface area (Å²) in [5.41, 5.74) is 5.35. The molecule has 0 N–H and O–H groups in total. The van der Waals surface area contributed by atoms with Crippen molar-refractivity contribution in [3.63, 3.8) is 0 Å². The monoisotopic (exact) mass is 471 g/mol. The lowest BCUT2D eigenvalue weighted by Crippen LogP contribution is -2.41. The number of amides is 1. The third-order valence-electron chi connectivity index (χ3n) is 6.36. The van der Waals surface area contributed by atoms with E-state index < -0.39 is 0 Å². The lowest BCUT2D eigenvalue weighted by Gasteiger charge is -2.28. The fourth-order valence-corrected chi connectivity index (χ4v) is 5.65. The van der Waals surface area contributed by atoms with E-state index in [1.807, 2.05) is 65.6 Å². The van der Waals surface area contributed by atoms with Crippen molar-refractivity contribution in [2.45, 2.75) is 33.6 Å². The summed E-state index contributed by atoms with van der Waals surface area (Å²) in [5, 5.41) is 0.776. The van der Waals surface area contributed by atoms with Crippen LogP contribution >= 0.6 is 11.3 Å². The van der Waals surface area contributed by atoms with Gasteiger partial charge in [-0.1, -0.05) is 91.9 Å². The van der Waals surface area contributed by atoms with Crippen LogP contribution in [0.25, 0.3) is 10.2 Å². The van der Waals surface area contributed by atoms with Gasteiger partial charge in [0, 0.05) is 13.1 Å². The Bertz CT molecular complexity index is 1190. The number of benzene rings is 3. The Hall–Kier alpha value is -3.02. The van der Waals surface area contributed by atoms with Gasteiger partial charge in [-0.05, 0) is 55.3 Å². The summed E-state index contributed by atoms with van der Waals surface area (Å²) in [6.07, 6.45) is 0. The van der Waals surface area contributed by atoms with Crippen LogP contribution < -0.4 is 4.90 Å². The molecule has 0 aliphatic rings. The average Bonchev–Trinajstić information content (AvgIpc) is 3.27. The van der Waals surface area contributed by atoms with Gasteiger partial charge in [-0.25, -0.2) is 4.98 Å². The summed E-state index contributed by atoms with van der Waals surface area (Å²) in [6.45, 7) is 11.9. The van der Waals surface area contributed by atoms with E-state index in [-0.39, 0.29) is 11.8 Å². The number of likely N-dealkylation sites (N-methyl/N-ethyl adjacent to an activating group) is 1. The molecule has 0 bridgehead atoms. The van der Waals surface area contributed by atoms with E-state index >= 15 is 0 Å². The van der Waals surface area contributed by atoms with E-state index in [2.05, 4.69) is 44.7 Å². The molecular formula is C29H33N3OS. The number of aryl methyl sites for hydroxylation is 2. The van der Waals surface area contributed by atoms with Crippen LogP contribution in [0.1, 0.15) is 42.0 Å². The molecule has 5 heteroatoms. The van der Waals surface area contributed by atoms with Crippen molar-refractivity contribution in [1.82, 2.24) is 9.88 Å². The SMILES string of the molecule is CCN(CC)CCN(C(=O)C(c1ccccc1)c1ccccc1)c1nc2c(C)cc(C)cc2s1. The van der Waals surface area contributed by atoms with Crippen LogP contribution in [0.3, 0.4) is 0 Å². The van der Waals surface area contributed by atoms with E-state index in [4.69, 9.17) is 4.98 Å². The lowest BCUT2D eigenvalue weighted by atomic mass is 9.90. The minimum absolute atomic E-state index is 0.0676. The molecule has 0 aliphatic carbocycles. The molecule has 4 rings (SSSR count). The number of fused-ring (bicyclic) bond motifs is 1. The Morgan fingerprint density at radius 1 is 0.882 bits per heavy atom. The number of carbonyl (C=O) groups is 1. The van der Waals surface area contributed by atoms with Gasteiger partial charge in [0.05, 0.1) is 16.1 Å². The molecule has 1 aromatic heterocycles. The highest BCUT2D eigenvalue weighted by Crippen LogP contribution is 2.35. The standard InChI is InChI=1S/C29H33N3OS/c1-5-31(6-2)17-18-32(29-30-27-22(4)19-21(3)20-25(27)34-29)28(33)26(23-13-9-7-10-14-23)24-15-11-8-12-16-24/h7-16,19-20,26H,5-6,17-18H2,1-4H3. The molecule has 0 radical (unpaired) electrons. The van der Waals surface area contributed by atoms with Gasteiger partial charge in [0.1, 0.15) is 0 Å². The highest BCUT2D eigenvalue weighted by molar-refractivity contribution is 7.22. The molecule has 0 spiro atoms. The molecule has 1 heterocycles. The highest BCUT2D eigenvalue weighted by atomic mass is 32.1. The van der Waals surface area contributed by atoms with Gasteiger partial charge >= 0.3 is 0 Å². The number of thiazole rings is 1. The second kappa shape index (κ2) is 10.9. The first kappa shape index (κ1) is 24.1. The van der Waals surface area contributed by atoms with Crippen LogP contribution in [0.5, 0.6) is 0 Å². The Balaban J connectivity index is 1.79. The number of hydrogen-bond acceptors (Lipinski definition) is 4. The molecule has 1 amide bonds. The molecular weight excluding hydrogens is 438 g/mol. The van der Waals surface area contributed by atoms with E-state index in [1.54, 1.807) is 11.3 Å². The van der Waals surface area contributed by atoms with Crippen molar-refractivity contribution < 1.29 is 4.79 Å². The second-order valence-electron chi connectivity index (χ2n) is 8.70. The van der Waals surface area contributed by atoms with E-state index in [9.17, 15) is 4.79 Å². The first-order valence-corrected chi connectivity index (χ1v) is 12.8. The molecule has 0 aliphatic heterocycles. The fraction of sp³-hybridized carbons (Fsp3) is 0.310. The summed E-state index contributed by atoms with van der Waals surface area (Å²) in [7, 11) is 0. The molecule has 3 aromatic carbocycles. The van der Waals surface area contributed by atoms with E-state index in [0.29, 0.717) is 6.54 Å². The smallest absolute Gasteiger partial charge is 0.240 e. The second-order valence-corrected chi connectivity index (χ2v) is 9.71. The maximum absolute atomic E-state index is 14.3. The predicted octanol–water partition coefficient (Wildman–Crippen LogP) is 6.42. The Morgan fingerprint density at radius 2 is 1.47 bits per heavy atom. The zero-order valence-electron chi connectivity index (χ0n) is 20.5. The summed E-state index contributed by atoms with van der Waals surface area (Å²) in [5.74, 6) is -0.313. The minimum Gasteiger partial charge on any atom is -0.302 e. The number of carbonyl (C=O) groups excluding carboxylic acids is 1. The van der Waals surface area contributed by atoms with E-state index in [0.717, 1.165) is 51.7 Å². The number of aromatic nitrogens is 1. The predicted molar refractivity (Wildman–Crippen MR) is 144 cm³/mol. The molecule has 176 valence electrons. The van der Waals surface area contributed by atoms with Crippen molar-refractivity contribution >= 4 is 32.6 Å².